The molecule has 0 fully saturated rings. The second-order valence-corrected chi connectivity index (χ2v) is 3.58. The fourth-order valence-electron chi connectivity index (χ4n) is 1.39. The fraction of sp³-hybridized carbons (Fsp3) is 0.182. The van der Waals surface area contributed by atoms with E-state index in [0.29, 0.717) is 11.6 Å². The van der Waals surface area contributed by atoms with Crippen molar-refractivity contribution in [1.29, 1.82) is 0 Å². The Bertz CT molecular complexity index is 508. The van der Waals surface area contributed by atoms with Crippen molar-refractivity contribution in [2.24, 2.45) is 0 Å². The molecule has 0 radical (unpaired) electrons. The molecule has 0 aliphatic carbocycles. The van der Waals surface area contributed by atoms with Crippen molar-refractivity contribution in [3.8, 4) is 0 Å². The van der Waals surface area contributed by atoms with Gasteiger partial charge >= 0.3 is 0 Å². The summed E-state index contributed by atoms with van der Waals surface area (Å²) in [6.45, 7) is 0.143. The number of aromatic nitrogens is 3. The second-order valence-electron chi connectivity index (χ2n) is 3.58. The summed E-state index contributed by atoms with van der Waals surface area (Å²) in [5.41, 5.74) is 5.47. The van der Waals surface area contributed by atoms with Gasteiger partial charge in [-0.2, -0.15) is 5.10 Å². The van der Waals surface area contributed by atoms with E-state index in [0.717, 1.165) is 0 Å². The molecule has 2 aromatic heterocycles. The summed E-state index contributed by atoms with van der Waals surface area (Å²) < 4.78 is 1.50. The van der Waals surface area contributed by atoms with Crippen molar-refractivity contribution < 1.29 is 4.79 Å². The maximum absolute atomic E-state index is 11.9. The smallest absolute Gasteiger partial charge is 0.249 e. The molecule has 6 nitrogen and oxygen atoms in total. The molecule has 0 atom stereocenters. The van der Waals surface area contributed by atoms with Crippen LogP contribution >= 0.6 is 0 Å². The van der Waals surface area contributed by atoms with E-state index in [1.807, 2.05) is 6.07 Å². The first-order valence-electron chi connectivity index (χ1n) is 5.13. The SMILES string of the molecule is CN(C(=O)Cn1ccc(N)n1)c1ccccn1. The molecule has 2 heterocycles. The zero-order valence-electron chi connectivity index (χ0n) is 9.45. The van der Waals surface area contributed by atoms with Crippen LogP contribution in [0.4, 0.5) is 11.6 Å². The summed E-state index contributed by atoms with van der Waals surface area (Å²) in [6.07, 6.45) is 3.31. The number of hydrogen-bond donors (Lipinski definition) is 1. The summed E-state index contributed by atoms with van der Waals surface area (Å²) in [7, 11) is 1.68. The van der Waals surface area contributed by atoms with E-state index >= 15 is 0 Å². The number of hydrogen-bond acceptors (Lipinski definition) is 4. The molecule has 0 aromatic carbocycles. The first-order chi connectivity index (χ1) is 8.16. The Morgan fingerprint density at radius 3 is 2.88 bits per heavy atom. The quantitative estimate of drug-likeness (QED) is 0.835. The molecule has 17 heavy (non-hydrogen) atoms. The van der Waals surface area contributed by atoms with Crippen LogP contribution in [0.5, 0.6) is 0 Å². The molecule has 0 saturated carbocycles. The highest BCUT2D eigenvalue weighted by Crippen LogP contribution is 2.07. The number of nitrogen functional groups attached to an aromatic ring is 1. The van der Waals surface area contributed by atoms with Gasteiger partial charge in [0, 0.05) is 19.4 Å². The molecule has 6 heteroatoms. The van der Waals surface area contributed by atoms with Gasteiger partial charge < -0.3 is 5.73 Å². The molecule has 0 bridgehead atoms. The molecule has 1 amide bonds. The molecular formula is C11H13N5O. The minimum absolute atomic E-state index is 0.105. The third-order valence-electron chi connectivity index (χ3n) is 2.33. The summed E-state index contributed by atoms with van der Waals surface area (Å²) in [5, 5.41) is 3.95. The first kappa shape index (κ1) is 11.1. The number of carbonyl (C=O) groups excluding carboxylic acids is 1. The number of carbonyl (C=O) groups is 1. The zero-order chi connectivity index (χ0) is 12.3. The average Bonchev–Trinajstić information content (AvgIpc) is 2.75. The maximum Gasteiger partial charge on any atom is 0.249 e. The predicted octanol–water partition coefficient (Wildman–Crippen LogP) is 0.523. The van der Waals surface area contributed by atoms with Gasteiger partial charge in [-0.05, 0) is 18.2 Å². The van der Waals surface area contributed by atoms with Crippen LogP contribution in [-0.2, 0) is 11.3 Å². The molecule has 88 valence electrons. The highest BCUT2D eigenvalue weighted by molar-refractivity contribution is 5.91. The molecular weight excluding hydrogens is 218 g/mol. The van der Waals surface area contributed by atoms with Gasteiger partial charge in [-0.25, -0.2) is 4.98 Å². The molecule has 2 aromatic rings. The summed E-state index contributed by atoms with van der Waals surface area (Å²) in [5.74, 6) is 0.905. The highest BCUT2D eigenvalue weighted by Gasteiger charge is 2.12. The summed E-state index contributed by atoms with van der Waals surface area (Å²) >= 11 is 0. The molecule has 0 saturated heterocycles. The fourth-order valence-corrected chi connectivity index (χ4v) is 1.39. The van der Waals surface area contributed by atoms with Crippen LogP contribution in [0.2, 0.25) is 0 Å². The van der Waals surface area contributed by atoms with Crippen molar-refractivity contribution in [1.82, 2.24) is 14.8 Å². The van der Waals surface area contributed by atoms with Crippen LogP contribution in [0.1, 0.15) is 0 Å². The van der Waals surface area contributed by atoms with Crippen molar-refractivity contribution in [3.05, 3.63) is 36.7 Å². The molecule has 0 unspecified atom stereocenters. The summed E-state index contributed by atoms with van der Waals surface area (Å²) in [6, 6.07) is 7.05. The Hall–Kier alpha value is -2.37. The van der Waals surface area contributed by atoms with E-state index in [4.69, 9.17) is 5.73 Å². The number of nitrogens with zero attached hydrogens (tertiary/aromatic N) is 4. The lowest BCUT2D eigenvalue weighted by atomic mass is 10.4. The largest absolute Gasteiger partial charge is 0.382 e. The van der Waals surface area contributed by atoms with Crippen LogP contribution in [0.3, 0.4) is 0 Å². The van der Waals surface area contributed by atoms with Crippen molar-refractivity contribution >= 4 is 17.5 Å². The molecule has 0 aliphatic heterocycles. The molecule has 2 rings (SSSR count). The highest BCUT2D eigenvalue weighted by atomic mass is 16.2. The van der Waals surface area contributed by atoms with Gasteiger partial charge in [-0.1, -0.05) is 6.07 Å². The standard InChI is InChI=1S/C11H13N5O/c1-15(10-4-2-3-6-13-10)11(17)8-16-7-5-9(12)14-16/h2-7H,8H2,1H3,(H2,12,14). The Kier molecular flexibility index (Phi) is 3.04. The maximum atomic E-state index is 11.9. The summed E-state index contributed by atoms with van der Waals surface area (Å²) in [4.78, 5) is 17.5. The van der Waals surface area contributed by atoms with Crippen LogP contribution in [-0.4, -0.2) is 27.7 Å². The van der Waals surface area contributed by atoms with Gasteiger partial charge in [0.1, 0.15) is 18.2 Å². The van der Waals surface area contributed by atoms with Crippen molar-refractivity contribution in [3.63, 3.8) is 0 Å². The zero-order valence-corrected chi connectivity index (χ0v) is 9.45. The number of pyridine rings is 1. The van der Waals surface area contributed by atoms with E-state index in [-0.39, 0.29) is 12.5 Å². The Labute approximate surface area is 98.7 Å². The van der Waals surface area contributed by atoms with E-state index in [9.17, 15) is 4.79 Å². The average molecular weight is 231 g/mol. The van der Waals surface area contributed by atoms with Gasteiger partial charge in [-0.15, -0.1) is 0 Å². The normalized spacial score (nSPS) is 10.2. The Balaban J connectivity index is 2.06. The number of likely N-dealkylation sites (N-methyl/N-ethyl adjacent to an activating group) is 1. The number of anilines is 2. The van der Waals surface area contributed by atoms with Crippen LogP contribution in [0.25, 0.3) is 0 Å². The van der Waals surface area contributed by atoms with Crippen molar-refractivity contribution in [2.45, 2.75) is 6.54 Å². The molecule has 0 aliphatic rings. The number of rotatable bonds is 3. The Morgan fingerprint density at radius 2 is 2.29 bits per heavy atom. The van der Waals surface area contributed by atoms with Gasteiger partial charge in [0.2, 0.25) is 5.91 Å². The third kappa shape index (κ3) is 2.60. The molecule has 0 spiro atoms. The lowest BCUT2D eigenvalue weighted by Gasteiger charge is -2.15. The van der Waals surface area contributed by atoms with Crippen LogP contribution < -0.4 is 10.6 Å². The van der Waals surface area contributed by atoms with E-state index < -0.39 is 0 Å². The third-order valence-corrected chi connectivity index (χ3v) is 2.33. The van der Waals surface area contributed by atoms with Crippen LogP contribution in [0, 0.1) is 0 Å². The second kappa shape index (κ2) is 4.65. The number of amides is 1. The minimum atomic E-state index is -0.105. The predicted molar refractivity (Wildman–Crippen MR) is 64.3 cm³/mol. The van der Waals surface area contributed by atoms with Crippen molar-refractivity contribution in [2.75, 3.05) is 17.7 Å². The van der Waals surface area contributed by atoms with Gasteiger partial charge in [0.25, 0.3) is 0 Å². The lowest BCUT2D eigenvalue weighted by molar-refractivity contribution is -0.119. The Morgan fingerprint density at radius 1 is 1.47 bits per heavy atom. The minimum Gasteiger partial charge on any atom is -0.382 e. The van der Waals surface area contributed by atoms with Crippen LogP contribution in [0.15, 0.2) is 36.7 Å². The first-order valence-corrected chi connectivity index (χ1v) is 5.13. The van der Waals surface area contributed by atoms with E-state index in [2.05, 4.69) is 10.1 Å². The van der Waals surface area contributed by atoms with E-state index in [1.54, 1.807) is 37.6 Å². The molecule has 2 N–H and O–H groups in total. The van der Waals surface area contributed by atoms with Gasteiger partial charge in [0.15, 0.2) is 0 Å². The van der Waals surface area contributed by atoms with Gasteiger partial charge in [0.05, 0.1) is 0 Å². The lowest BCUT2D eigenvalue weighted by Crippen LogP contribution is -2.30. The topological polar surface area (TPSA) is 77.0 Å². The van der Waals surface area contributed by atoms with Gasteiger partial charge in [-0.3, -0.25) is 14.4 Å². The van der Waals surface area contributed by atoms with E-state index in [1.165, 1.54) is 9.58 Å². The number of nitrogens with two attached hydrogens (primary N) is 1. The monoisotopic (exact) mass is 231 g/mol.